The third-order valence-electron chi connectivity index (χ3n) is 2.93. The number of aromatic amines is 1. The van der Waals surface area contributed by atoms with E-state index in [0.29, 0.717) is 6.61 Å². The molecule has 0 atom stereocenters. The summed E-state index contributed by atoms with van der Waals surface area (Å²) in [6, 6.07) is 0. The van der Waals surface area contributed by atoms with Gasteiger partial charge in [0, 0.05) is 25.3 Å². The highest BCUT2D eigenvalue weighted by atomic mass is 16.5. The Morgan fingerprint density at radius 2 is 2.29 bits per heavy atom. The molecule has 1 aromatic heterocycles. The fraction of sp³-hybridized carbons (Fsp3) is 0.700. The number of nitrogens with one attached hydrogen (secondary N) is 2. The number of H-pyrrole nitrogens is 1. The Balaban J connectivity index is 1.59. The summed E-state index contributed by atoms with van der Waals surface area (Å²) in [4.78, 5) is 0. The van der Waals surface area contributed by atoms with E-state index in [2.05, 4.69) is 15.5 Å². The van der Waals surface area contributed by atoms with Gasteiger partial charge >= 0.3 is 0 Å². The molecule has 4 heteroatoms. The predicted molar refractivity (Wildman–Crippen MR) is 51.5 cm³/mol. The monoisotopic (exact) mass is 193 g/mol. The standard InChI is InChI=1S/C10H15N3O/c1-2-7(1)5-14-6-10-8-3-11-4-9(8)12-13-10/h7,11H,1-6H2,(H,12,13). The molecule has 1 aliphatic carbocycles. The van der Waals surface area contributed by atoms with Gasteiger partial charge in [0.2, 0.25) is 0 Å². The first kappa shape index (κ1) is 8.44. The van der Waals surface area contributed by atoms with Crippen molar-refractivity contribution in [2.45, 2.75) is 32.5 Å². The van der Waals surface area contributed by atoms with Gasteiger partial charge in [-0.25, -0.2) is 0 Å². The van der Waals surface area contributed by atoms with Crippen LogP contribution in [0.15, 0.2) is 0 Å². The van der Waals surface area contributed by atoms with Gasteiger partial charge in [-0.3, -0.25) is 5.10 Å². The van der Waals surface area contributed by atoms with Crippen LogP contribution in [0.5, 0.6) is 0 Å². The first-order chi connectivity index (χ1) is 6.93. The molecule has 2 aliphatic rings. The first-order valence-electron chi connectivity index (χ1n) is 5.27. The van der Waals surface area contributed by atoms with Crippen molar-refractivity contribution in [3.63, 3.8) is 0 Å². The quantitative estimate of drug-likeness (QED) is 0.748. The van der Waals surface area contributed by atoms with Crippen LogP contribution in [0.4, 0.5) is 0 Å². The second kappa shape index (κ2) is 3.37. The molecule has 0 unspecified atom stereocenters. The Morgan fingerprint density at radius 1 is 1.36 bits per heavy atom. The molecule has 0 saturated heterocycles. The maximum Gasteiger partial charge on any atom is 0.0927 e. The zero-order valence-electron chi connectivity index (χ0n) is 8.18. The Bertz CT molecular complexity index is 330. The molecule has 0 radical (unpaired) electrons. The van der Waals surface area contributed by atoms with Gasteiger partial charge in [0.05, 0.1) is 18.0 Å². The van der Waals surface area contributed by atoms with E-state index in [0.717, 1.165) is 31.3 Å². The highest BCUT2D eigenvalue weighted by molar-refractivity contribution is 5.27. The third-order valence-corrected chi connectivity index (χ3v) is 2.93. The van der Waals surface area contributed by atoms with E-state index in [1.165, 1.54) is 24.1 Å². The van der Waals surface area contributed by atoms with Crippen LogP contribution in [-0.2, 0) is 24.4 Å². The van der Waals surface area contributed by atoms with E-state index in [-0.39, 0.29) is 0 Å². The Morgan fingerprint density at radius 3 is 3.14 bits per heavy atom. The lowest BCUT2D eigenvalue weighted by atomic mass is 10.2. The molecule has 0 spiro atoms. The largest absolute Gasteiger partial charge is 0.375 e. The molecular weight excluding hydrogens is 178 g/mol. The van der Waals surface area contributed by atoms with Crippen LogP contribution in [0.3, 0.4) is 0 Å². The number of nitrogens with zero attached hydrogens (tertiary/aromatic N) is 1. The second-order valence-corrected chi connectivity index (χ2v) is 4.19. The molecule has 0 bridgehead atoms. The van der Waals surface area contributed by atoms with Gasteiger partial charge in [0.1, 0.15) is 0 Å². The summed E-state index contributed by atoms with van der Waals surface area (Å²) in [5.74, 6) is 0.833. The molecule has 0 amide bonds. The maximum atomic E-state index is 5.62. The number of hydrogen-bond donors (Lipinski definition) is 2. The normalized spacial score (nSPS) is 20.0. The number of rotatable bonds is 4. The summed E-state index contributed by atoms with van der Waals surface area (Å²) in [5.41, 5.74) is 3.64. The van der Waals surface area contributed by atoms with Crippen LogP contribution >= 0.6 is 0 Å². The molecule has 0 aromatic carbocycles. The van der Waals surface area contributed by atoms with Crippen LogP contribution in [0.25, 0.3) is 0 Å². The van der Waals surface area contributed by atoms with E-state index < -0.39 is 0 Å². The molecule has 1 saturated carbocycles. The zero-order valence-corrected chi connectivity index (χ0v) is 8.18. The maximum absolute atomic E-state index is 5.62. The highest BCUT2D eigenvalue weighted by Crippen LogP contribution is 2.29. The van der Waals surface area contributed by atoms with Gasteiger partial charge in [-0.15, -0.1) is 0 Å². The summed E-state index contributed by atoms with van der Waals surface area (Å²) < 4.78 is 5.62. The second-order valence-electron chi connectivity index (χ2n) is 4.19. The first-order valence-corrected chi connectivity index (χ1v) is 5.27. The fourth-order valence-corrected chi connectivity index (χ4v) is 1.84. The van der Waals surface area contributed by atoms with Gasteiger partial charge in [-0.1, -0.05) is 0 Å². The van der Waals surface area contributed by atoms with Gasteiger partial charge in [0.15, 0.2) is 0 Å². The molecule has 76 valence electrons. The summed E-state index contributed by atoms with van der Waals surface area (Å²) in [5, 5.41) is 10.6. The lowest BCUT2D eigenvalue weighted by molar-refractivity contribution is 0.108. The van der Waals surface area contributed by atoms with Gasteiger partial charge < -0.3 is 10.1 Å². The van der Waals surface area contributed by atoms with Crippen molar-refractivity contribution in [2.24, 2.45) is 5.92 Å². The lowest BCUT2D eigenvalue weighted by Gasteiger charge is -2.01. The van der Waals surface area contributed by atoms with Crippen molar-refractivity contribution in [1.82, 2.24) is 15.5 Å². The van der Waals surface area contributed by atoms with Crippen LogP contribution in [0.1, 0.15) is 29.8 Å². The molecule has 4 nitrogen and oxygen atoms in total. The van der Waals surface area contributed by atoms with Crippen molar-refractivity contribution in [2.75, 3.05) is 6.61 Å². The average molecular weight is 193 g/mol. The third kappa shape index (κ3) is 1.55. The molecular formula is C10H15N3O. The van der Waals surface area contributed by atoms with Crippen molar-refractivity contribution in [3.8, 4) is 0 Å². The van der Waals surface area contributed by atoms with E-state index >= 15 is 0 Å². The zero-order chi connectivity index (χ0) is 9.38. The van der Waals surface area contributed by atoms with Crippen LogP contribution < -0.4 is 5.32 Å². The van der Waals surface area contributed by atoms with Crippen LogP contribution in [0.2, 0.25) is 0 Å². The Hall–Kier alpha value is -0.870. The summed E-state index contributed by atoms with van der Waals surface area (Å²) in [6.45, 7) is 3.44. The molecule has 1 aromatic rings. The minimum Gasteiger partial charge on any atom is -0.375 e. The highest BCUT2D eigenvalue weighted by Gasteiger charge is 2.22. The minimum atomic E-state index is 0.671. The number of aromatic nitrogens is 2. The van der Waals surface area contributed by atoms with Crippen molar-refractivity contribution in [1.29, 1.82) is 0 Å². The number of ether oxygens (including phenoxy) is 1. The minimum absolute atomic E-state index is 0.671. The molecule has 3 rings (SSSR count). The van der Waals surface area contributed by atoms with Crippen LogP contribution in [0, 0.1) is 5.92 Å². The Labute approximate surface area is 83.0 Å². The van der Waals surface area contributed by atoms with Crippen molar-refractivity contribution < 1.29 is 4.74 Å². The number of fused-ring (bicyclic) bond motifs is 1. The molecule has 1 fully saturated rings. The van der Waals surface area contributed by atoms with Gasteiger partial charge in [-0.2, -0.15) is 5.10 Å². The van der Waals surface area contributed by atoms with E-state index in [1.807, 2.05) is 0 Å². The van der Waals surface area contributed by atoms with Crippen LogP contribution in [-0.4, -0.2) is 16.8 Å². The molecule has 14 heavy (non-hydrogen) atoms. The van der Waals surface area contributed by atoms with Crippen molar-refractivity contribution >= 4 is 0 Å². The predicted octanol–water partition coefficient (Wildman–Crippen LogP) is 0.939. The van der Waals surface area contributed by atoms with E-state index in [9.17, 15) is 0 Å². The summed E-state index contributed by atoms with van der Waals surface area (Å²) in [6.07, 6.45) is 2.69. The fourth-order valence-electron chi connectivity index (χ4n) is 1.84. The number of hydrogen-bond acceptors (Lipinski definition) is 3. The summed E-state index contributed by atoms with van der Waals surface area (Å²) in [7, 11) is 0. The smallest absolute Gasteiger partial charge is 0.0927 e. The molecule has 1 aliphatic heterocycles. The van der Waals surface area contributed by atoms with Gasteiger partial charge in [-0.05, 0) is 18.8 Å². The SMILES string of the molecule is C(OCC1CC1)c1n[nH]c2c1CNC2. The summed E-state index contributed by atoms with van der Waals surface area (Å²) >= 11 is 0. The topological polar surface area (TPSA) is 49.9 Å². The van der Waals surface area contributed by atoms with Gasteiger partial charge in [0.25, 0.3) is 0 Å². The molecule has 2 heterocycles. The Kier molecular flexibility index (Phi) is 2.03. The lowest BCUT2D eigenvalue weighted by Crippen LogP contribution is -2.05. The average Bonchev–Trinajstić information content (AvgIpc) is 2.76. The van der Waals surface area contributed by atoms with E-state index in [4.69, 9.17) is 4.74 Å². The van der Waals surface area contributed by atoms with E-state index in [1.54, 1.807) is 0 Å². The molecule has 2 N–H and O–H groups in total. The van der Waals surface area contributed by atoms with Crippen molar-refractivity contribution in [3.05, 3.63) is 17.0 Å².